The Morgan fingerprint density at radius 2 is 1.93 bits per heavy atom. The summed E-state index contributed by atoms with van der Waals surface area (Å²) in [5.74, 6) is -0.223. The van der Waals surface area contributed by atoms with Gasteiger partial charge in [0.1, 0.15) is 0 Å². The van der Waals surface area contributed by atoms with E-state index >= 15 is 0 Å². The van der Waals surface area contributed by atoms with E-state index in [1.165, 1.54) is 0 Å². The smallest absolute Gasteiger partial charge is 0.251 e. The van der Waals surface area contributed by atoms with Gasteiger partial charge >= 0.3 is 0 Å². The predicted molar refractivity (Wildman–Crippen MR) is 118 cm³/mol. The first-order chi connectivity index (χ1) is 13.2. The minimum absolute atomic E-state index is 0. The highest BCUT2D eigenvalue weighted by Crippen LogP contribution is 2.11. The van der Waals surface area contributed by atoms with Crippen LogP contribution in [0.25, 0.3) is 0 Å². The number of aromatic nitrogens is 2. The lowest BCUT2D eigenvalue weighted by Gasteiger charge is -2.27. The summed E-state index contributed by atoms with van der Waals surface area (Å²) in [5.41, 5.74) is 1.17. The summed E-state index contributed by atoms with van der Waals surface area (Å²) in [4.78, 5) is 30.7. The molecule has 1 aliphatic heterocycles. The lowest BCUT2D eigenvalue weighted by molar-refractivity contribution is -0.116. The molecule has 1 fully saturated rings. The van der Waals surface area contributed by atoms with Crippen LogP contribution >= 0.6 is 24.8 Å². The van der Waals surface area contributed by atoms with Gasteiger partial charge in [-0.25, -0.2) is 4.98 Å². The van der Waals surface area contributed by atoms with E-state index in [2.05, 4.69) is 25.8 Å². The normalized spacial score (nSPS) is 13.7. The number of carbonyl (C=O) groups excluding carboxylic acids is 2. The zero-order chi connectivity index (χ0) is 18.9. The predicted octanol–water partition coefficient (Wildman–Crippen LogP) is 1.39. The van der Waals surface area contributed by atoms with E-state index in [1.54, 1.807) is 36.8 Å². The molecule has 8 nitrogen and oxygen atoms in total. The van der Waals surface area contributed by atoms with Crippen molar-refractivity contribution >= 4 is 42.3 Å². The van der Waals surface area contributed by atoms with Gasteiger partial charge in [0.05, 0.1) is 6.33 Å². The first-order valence-electron chi connectivity index (χ1n) is 9.27. The van der Waals surface area contributed by atoms with Crippen molar-refractivity contribution in [2.24, 2.45) is 0 Å². The number of nitrogens with one attached hydrogen (secondary N) is 3. The zero-order valence-corrected chi connectivity index (χ0v) is 17.8. The van der Waals surface area contributed by atoms with Crippen LogP contribution in [0.3, 0.4) is 0 Å². The van der Waals surface area contributed by atoms with Crippen LogP contribution in [0.15, 0.2) is 43.0 Å². The molecule has 160 valence electrons. The van der Waals surface area contributed by atoms with Crippen molar-refractivity contribution in [2.45, 2.75) is 13.0 Å². The Labute approximate surface area is 183 Å². The second kappa shape index (κ2) is 13.2. The Kier molecular flexibility index (Phi) is 11.3. The second-order valence-electron chi connectivity index (χ2n) is 6.53. The zero-order valence-electron chi connectivity index (χ0n) is 16.2. The molecule has 0 saturated carbocycles. The lowest BCUT2D eigenvalue weighted by Crippen LogP contribution is -2.46. The van der Waals surface area contributed by atoms with Crippen LogP contribution < -0.4 is 16.0 Å². The van der Waals surface area contributed by atoms with E-state index in [1.807, 2.05) is 10.8 Å². The van der Waals surface area contributed by atoms with Gasteiger partial charge in [-0.1, -0.05) is 6.07 Å². The maximum Gasteiger partial charge on any atom is 0.251 e. The Morgan fingerprint density at radius 1 is 1.14 bits per heavy atom. The molecule has 29 heavy (non-hydrogen) atoms. The Morgan fingerprint density at radius 3 is 2.66 bits per heavy atom. The van der Waals surface area contributed by atoms with Crippen molar-refractivity contribution in [3.8, 4) is 0 Å². The quantitative estimate of drug-likeness (QED) is 0.574. The van der Waals surface area contributed by atoms with Gasteiger partial charge in [-0.15, -0.1) is 24.8 Å². The van der Waals surface area contributed by atoms with Crippen LogP contribution in [0.2, 0.25) is 0 Å². The Hall–Kier alpha value is -2.13. The molecule has 1 aromatic carbocycles. The molecular weight excluding hydrogens is 415 g/mol. The molecule has 2 heterocycles. The number of imidazole rings is 1. The van der Waals surface area contributed by atoms with E-state index in [9.17, 15) is 9.59 Å². The van der Waals surface area contributed by atoms with Gasteiger partial charge in [0.25, 0.3) is 5.91 Å². The Bertz CT molecular complexity index is 751. The molecule has 2 aromatic rings. The molecule has 0 aliphatic carbocycles. The summed E-state index contributed by atoms with van der Waals surface area (Å²) in [7, 11) is 0. The van der Waals surface area contributed by atoms with Gasteiger partial charge in [0, 0.05) is 75.9 Å². The molecule has 10 heteroatoms. The van der Waals surface area contributed by atoms with E-state index < -0.39 is 0 Å². The van der Waals surface area contributed by atoms with Gasteiger partial charge in [0.2, 0.25) is 5.91 Å². The maximum absolute atomic E-state index is 12.3. The van der Waals surface area contributed by atoms with Crippen LogP contribution in [0.5, 0.6) is 0 Å². The SMILES string of the molecule is Cl.Cl.O=C(CCn1ccnc1)Nc1cccc(C(=O)NCCN2CCNCC2)c1. The number of anilines is 1. The fraction of sp³-hybridized carbons (Fsp3) is 0.421. The van der Waals surface area contributed by atoms with Crippen LogP contribution in [0, 0.1) is 0 Å². The maximum atomic E-state index is 12.3. The van der Waals surface area contributed by atoms with E-state index in [0.29, 0.717) is 30.8 Å². The lowest BCUT2D eigenvalue weighted by atomic mass is 10.2. The number of aryl methyl sites for hydroxylation is 1. The van der Waals surface area contributed by atoms with Gasteiger partial charge < -0.3 is 20.5 Å². The summed E-state index contributed by atoms with van der Waals surface area (Å²) in [6.07, 6.45) is 5.52. The minimum atomic E-state index is -0.125. The third-order valence-corrected chi connectivity index (χ3v) is 4.49. The number of halogens is 2. The number of benzene rings is 1. The molecule has 0 spiro atoms. The van der Waals surface area contributed by atoms with Crippen molar-refractivity contribution in [1.29, 1.82) is 0 Å². The molecule has 3 N–H and O–H groups in total. The average Bonchev–Trinajstić information content (AvgIpc) is 3.21. The van der Waals surface area contributed by atoms with Crippen molar-refractivity contribution in [3.05, 3.63) is 48.5 Å². The molecule has 1 aliphatic rings. The second-order valence-corrected chi connectivity index (χ2v) is 6.53. The molecule has 1 aromatic heterocycles. The molecular formula is C19H28Cl2N6O2. The molecule has 0 atom stereocenters. The highest BCUT2D eigenvalue weighted by Gasteiger charge is 2.11. The molecule has 1 saturated heterocycles. The fourth-order valence-electron chi connectivity index (χ4n) is 2.98. The molecule has 0 unspecified atom stereocenters. The topological polar surface area (TPSA) is 91.3 Å². The van der Waals surface area contributed by atoms with Crippen molar-refractivity contribution in [3.63, 3.8) is 0 Å². The molecule has 2 amide bonds. The van der Waals surface area contributed by atoms with E-state index in [4.69, 9.17) is 0 Å². The first kappa shape index (κ1) is 24.9. The summed E-state index contributed by atoms with van der Waals surface area (Å²) < 4.78 is 1.85. The van der Waals surface area contributed by atoms with Crippen LogP contribution in [0.4, 0.5) is 5.69 Å². The van der Waals surface area contributed by atoms with Crippen LogP contribution in [-0.2, 0) is 11.3 Å². The minimum Gasteiger partial charge on any atom is -0.351 e. The monoisotopic (exact) mass is 442 g/mol. The summed E-state index contributed by atoms with van der Waals surface area (Å²) in [6.45, 7) is 6.04. The largest absolute Gasteiger partial charge is 0.351 e. The number of hydrogen-bond donors (Lipinski definition) is 3. The van der Waals surface area contributed by atoms with E-state index in [-0.39, 0.29) is 36.6 Å². The van der Waals surface area contributed by atoms with Gasteiger partial charge in [0.15, 0.2) is 0 Å². The number of nitrogens with zero attached hydrogens (tertiary/aromatic N) is 3. The molecule has 0 radical (unpaired) electrons. The highest BCUT2D eigenvalue weighted by atomic mass is 35.5. The summed E-state index contributed by atoms with van der Waals surface area (Å²) in [5, 5.41) is 9.10. The third kappa shape index (κ3) is 8.41. The van der Waals surface area contributed by atoms with E-state index in [0.717, 1.165) is 32.7 Å². The number of hydrogen-bond acceptors (Lipinski definition) is 5. The number of amides is 2. The average molecular weight is 443 g/mol. The summed E-state index contributed by atoms with van der Waals surface area (Å²) >= 11 is 0. The number of carbonyl (C=O) groups is 2. The third-order valence-electron chi connectivity index (χ3n) is 4.49. The Balaban J connectivity index is 0.00000210. The van der Waals surface area contributed by atoms with Gasteiger partial charge in [-0.05, 0) is 18.2 Å². The van der Waals surface area contributed by atoms with Crippen LogP contribution in [0.1, 0.15) is 16.8 Å². The van der Waals surface area contributed by atoms with Gasteiger partial charge in [-0.3, -0.25) is 14.5 Å². The highest BCUT2D eigenvalue weighted by molar-refractivity contribution is 5.97. The number of rotatable bonds is 8. The van der Waals surface area contributed by atoms with Crippen molar-refractivity contribution in [2.75, 3.05) is 44.6 Å². The first-order valence-corrected chi connectivity index (χ1v) is 9.27. The summed E-state index contributed by atoms with van der Waals surface area (Å²) in [6, 6.07) is 7.01. The van der Waals surface area contributed by atoms with Crippen LogP contribution in [-0.4, -0.2) is 65.5 Å². The molecule has 3 rings (SSSR count). The fourth-order valence-corrected chi connectivity index (χ4v) is 2.98. The standard InChI is InChI=1S/C19H26N6O2.2ClH/c26-18(4-9-25-12-7-21-15-25)23-17-3-1-2-16(14-17)19(27)22-8-13-24-10-5-20-6-11-24;;/h1-3,7,12,14-15,20H,4-6,8-11,13H2,(H,22,27)(H,23,26);2*1H. The van der Waals surface area contributed by atoms with Crippen molar-refractivity contribution < 1.29 is 9.59 Å². The van der Waals surface area contributed by atoms with Crippen molar-refractivity contribution in [1.82, 2.24) is 25.1 Å². The molecule has 0 bridgehead atoms. The number of piperazine rings is 1. The van der Waals surface area contributed by atoms with Gasteiger partial charge in [-0.2, -0.15) is 0 Å².